The molecule has 4 rings (SSSR count). The molecule has 0 fully saturated rings. The first-order chi connectivity index (χ1) is 11.2. The van der Waals surface area contributed by atoms with Crippen molar-refractivity contribution >= 4 is 43.4 Å². The van der Waals surface area contributed by atoms with E-state index in [0.717, 1.165) is 21.0 Å². The lowest BCUT2D eigenvalue weighted by Gasteiger charge is -2.06. The molecule has 1 amide bonds. The lowest BCUT2D eigenvalue weighted by Crippen LogP contribution is -2.11. The Balaban J connectivity index is 1.69. The topological polar surface area (TPSA) is 62.2 Å². The van der Waals surface area contributed by atoms with Crippen LogP contribution in [0.15, 0.2) is 60.7 Å². The number of nitrogens with zero attached hydrogens (tertiary/aromatic N) is 1. The highest BCUT2D eigenvalue weighted by Crippen LogP contribution is 2.28. The standard InChI is InChI=1S/C18H12N2O2S/c21-15-10-12-6-2-1-5-11(12)9-13(15)17(22)20-18-19-14-7-3-4-8-16(14)23-18/h1-10,21H,(H,19,20,22). The van der Waals surface area contributed by atoms with Crippen LogP contribution in [-0.2, 0) is 0 Å². The maximum absolute atomic E-state index is 12.5. The maximum atomic E-state index is 12.5. The van der Waals surface area contributed by atoms with Gasteiger partial charge < -0.3 is 5.11 Å². The van der Waals surface area contributed by atoms with Gasteiger partial charge in [-0.05, 0) is 35.0 Å². The summed E-state index contributed by atoms with van der Waals surface area (Å²) in [5.41, 5.74) is 1.08. The van der Waals surface area contributed by atoms with Crippen LogP contribution in [0.2, 0.25) is 0 Å². The number of hydrogen-bond donors (Lipinski definition) is 2. The summed E-state index contributed by atoms with van der Waals surface area (Å²) in [5.74, 6) is -0.408. The summed E-state index contributed by atoms with van der Waals surface area (Å²) in [4.78, 5) is 16.8. The summed E-state index contributed by atoms with van der Waals surface area (Å²) in [6.07, 6.45) is 0. The number of benzene rings is 3. The molecule has 4 aromatic rings. The van der Waals surface area contributed by atoms with E-state index in [4.69, 9.17) is 0 Å². The molecule has 1 heterocycles. The lowest BCUT2D eigenvalue weighted by atomic mass is 10.1. The van der Waals surface area contributed by atoms with Crippen molar-refractivity contribution in [2.24, 2.45) is 0 Å². The molecule has 0 radical (unpaired) electrons. The van der Waals surface area contributed by atoms with E-state index in [0.29, 0.717) is 5.13 Å². The van der Waals surface area contributed by atoms with E-state index in [1.807, 2.05) is 48.5 Å². The summed E-state index contributed by atoms with van der Waals surface area (Å²) >= 11 is 1.41. The van der Waals surface area contributed by atoms with Crippen molar-refractivity contribution in [3.8, 4) is 5.75 Å². The normalized spacial score (nSPS) is 11.0. The number of thiazole rings is 1. The van der Waals surface area contributed by atoms with Crippen LogP contribution in [0.4, 0.5) is 5.13 Å². The fourth-order valence-electron chi connectivity index (χ4n) is 2.50. The van der Waals surface area contributed by atoms with E-state index in [2.05, 4.69) is 10.3 Å². The summed E-state index contributed by atoms with van der Waals surface area (Å²) in [5, 5.41) is 15.2. The predicted octanol–water partition coefficient (Wildman–Crippen LogP) is 4.41. The third kappa shape index (κ3) is 2.51. The largest absolute Gasteiger partial charge is 0.507 e. The second kappa shape index (κ2) is 5.37. The van der Waals surface area contributed by atoms with Gasteiger partial charge in [-0.2, -0.15) is 0 Å². The van der Waals surface area contributed by atoms with Gasteiger partial charge in [-0.1, -0.05) is 47.7 Å². The first kappa shape index (κ1) is 13.7. The van der Waals surface area contributed by atoms with E-state index in [9.17, 15) is 9.90 Å². The van der Waals surface area contributed by atoms with E-state index in [1.54, 1.807) is 12.1 Å². The maximum Gasteiger partial charge on any atom is 0.261 e. The average molecular weight is 320 g/mol. The summed E-state index contributed by atoms with van der Waals surface area (Å²) in [6, 6.07) is 18.6. The number of carbonyl (C=O) groups excluding carboxylic acids is 1. The Morgan fingerprint density at radius 2 is 1.70 bits per heavy atom. The van der Waals surface area contributed by atoms with Crippen LogP contribution >= 0.6 is 11.3 Å². The van der Waals surface area contributed by atoms with Crippen LogP contribution in [0.25, 0.3) is 21.0 Å². The SMILES string of the molecule is O=C(Nc1nc2ccccc2s1)c1cc2ccccc2cc1O. The zero-order valence-corrected chi connectivity index (χ0v) is 12.8. The Kier molecular flexibility index (Phi) is 3.20. The van der Waals surface area contributed by atoms with Crippen LogP contribution in [0, 0.1) is 0 Å². The smallest absolute Gasteiger partial charge is 0.261 e. The zero-order valence-electron chi connectivity index (χ0n) is 12.0. The molecule has 0 spiro atoms. The molecular weight excluding hydrogens is 308 g/mol. The van der Waals surface area contributed by atoms with Crippen LogP contribution in [-0.4, -0.2) is 16.0 Å². The number of carbonyl (C=O) groups is 1. The van der Waals surface area contributed by atoms with Gasteiger partial charge >= 0.3 is 0 Å². The number of para-hydroxylation sites is 1. The predicted molar refractivity (Wildman–Crippen MR) is 93.2 cm³/mol. The van der Waals surface area contributed by atoms with Crippen LogP contribution in [0.3, 0.4) is 0 Å². The molecule has 0 aliphatic rings. The molecule has 3 aromatic carbocycles. The van der Waals surface area contributed by atoms with E-state index >= 15 is 0 Å². The van der Waals surface area contributed by atoms with E-state index < -0.39 is 0 Å². The van der Waals surface area contributed by atoms with Gasteiger partial charge in [0.05, 0.1) is 15.8 Å². The first-order valence-electron chi connectivity index (χ1n) is 7.09. The summed E-state index contributed by atoms with van der Waals surface area (Å²) < 4.78 is 1.01. The molecule has 1 aromatic heterocycles. The van der Waals surface area contributed by atoms with Gasteiger partial charge in [0.25, 0.3) is 5.91 Å². The molecule has 0 atom stereocenters. The molecule has 2 N–H and O–H groups in total. The number of rotatable bonds is 2. The van der Waals surface area contributed by atoms with Crippen molar-refractivity contribution in [2.75, 3.05) is 5.32 Å². The number of amides is 1. The Morgan fingerprint density at radius 3 is 2.48 bits per heavy atom. The molecule has 0 aliphatic carbocycles. The zero-order chi connectivity index (χ0) is 15.8. The molecule has 5 heteroatoms. The van der Waals surface area contributed by atoms with Crippen molar-refractivity contribution < 1.29 is 9.90 Å². The van der Waals surface area contributed by atoms with Crippen molar-refractivity contribution in [2.45, 2.75) is 0 Å². The van der Waals surface area contributed by atoms with Crippen molar-refractivity contribution in [3.05, 3.63) is 66.2 Å². The van der Waals surface area contributed by atoms with Gasteiger partial charge in [0.15, 0.2) is 5.13 Å². The number of aromatic hydroxyl groups is 1. The van der Waals surface area contributed by atoms with Gasteiger partial charge in [-0.15, -0.1) is 0 Å². The third-order valence-electron chi connectivity index (χ3n) is 3.62. The molecule has 0 aliphatic heterocycles. The van der Waals surface area contributed by atoms with Gasteiger partial charge in [0.2, 0.25) is 0 Å². The number of aromatic nitrogens is 1. The van der Waals surface area contributed by atoms with Gasteiger partial charge in [-0.3, -0.25) is 10.1 Å². The molecule has 112 valence electrons. The van der Waals surface area contributed by atoms with Crippen LogP contribution < -0.4 is 5.32 Å². The number of fused-ring (bicyclic) bond motifs is 2. The second-order valence-electron chi connectivity index (χ2n) is 5.16. The number of nitrogens with one attached hydrogen (secondary N) is 1. The Morgan fingerprint density at radius 1 is 1.00 bits per heavy atom. The highest BCUT2D eigenvalue weighted by molar-refractivity contribution is 7.22. The molecule has 4 nitrogen and oxygen atoms in total. The summed E-state index contributed by atoms with van der Waals surface area (Å²) in [6.45, 7) is 0. The number of phenols is 1. The van der Waals surface area contributed by atoms with Crippen LogP contribution in [0.1, 0.15) is 10.4 Å². The quantitative estimate of drug-likeness (QED) is 0.575. The molecule has 0 saturated heterocycles. The third-order valence-corrected chi connectivity index (χ3v) is 4.57. The molecule has 0 saturated carbocycles. The van der Waals surface area contributed by atoms with Crippen molar-refractivity contribution in [3.63, 3.8) is 0 Å². The fourth-order valence-corrected chi connectivity index (χ4v) is 3.36. The molecule has 0 unspecified atom stereocenters. The van der Waals surface area contributed by atoms with Crippen LogP contribution in [0.5, 0.6) is 5.75 Å². The first-order valence-corrected chi connectivity index (χ1v) is 7.91. The highest BCUT2D eigenvalue weighted by Gasteiger charge is 2.14. The molecule has 23 heavy (non-hydrogen) atoms. The van der Waals surface area contributed by atoms with Gasteiger partial charge in [0, 0.05) is 0 Å². The number of anilines is 1. The molecular formula is C18H12N2O2S. The average Bonchev–Trinajstić information content (AvgIpc) is 2.96. The number of phenolic OH excluding ortho intramolecular Hbond substituents is 1. The molecule has 0 bridgehead atoms. The minimum absolute atomic E-state index is 0.0395. The summed E-state index contributed by atoms with van der Waals surface area (Å²) in [7, 11) is 0. The minimum Gasteiger partial charge on any atom is -0.507 e. The Hall–Kier alpha value is -2.92. The van der Waals surface area contributed by atoms with Crippen molar-refractivity contribution in [1.29, 1.82) is 0 Å². The van der Waals surface area contributed by atoms with E-state index in [-0.39, 0.29) is 17.2 Å². The lowest BCUT2D eigenvalue weighted by molar-refractivity contribution is 0.102. The highest BCUT2D eigenvalue weighted by atomic mass is 32.1. The Bertz CT molecular complexity index is 1010. The van der Waals surface area contributed by atoms with E-state index in [1.165, 1.54) is 11.3 Å². The van der Waals surface area contributed by atoms with Gasteiger partial charge in [-0.25, -0.2) is 4.98 Å². The number of hydrogen-bond acceptors (Lipinski definition) is 4. The minimum atomic E-state index is -0.368. The monoisotopic (exact) mass is 320 g/mol. The fraction of sp³-hybridized carbons (Fsp3) is 0. The Labute approximate surface area is 136 Å². The van der Waals surface area contributed by atoms with Crippen molar-refractivity contribution in [1.82, 2.24) is 4.98 Å². The second-order valence-corrected chi connectivity index (χ2v) is 6.19. The van der Waals surface area contributed by atoms with Gasteiger partial charge in [0.1, 0.15) is 5.75 Å².